The van der Waals surface area contributed by atoms with Gasteiger partial charge in [0.15, 0.2) is 11.4 Å². The highest BCUT2D eigenvalue weighted by molar-refractivity contribution is 7.15. The Hall–Kier alpha value is -4.54. The Morgan fingerprint density at radius 1 is 0.957 bits per heavy atom. The first-order chi connectivity index (χ1) is 22.8. The Labute approximate surface area is 275 Å². The number of esters is 1. The third-order valence-corrected chi connectivity index (χ3v) is 11.0. The van der Waals surface area contributed by atoms with Gasteiger partial charge in [-0.05, 0) is 68.5 Å². The van der Waals surface area contributed by atoms with E-state index in [9.17, 15) is 14.7 Å². The van der Waals surface area contributed by atoms with Crippen LogP contribution in [-0.4, -0.2) is 69.7 Å². The summed E-state index contributed by atoms with van der Waals surface area (Å²) in [6.45, 7) is 5.71. The molecule has 2 aliphatic rings. The van der Waals surface area contributed by atoms with Crippen molar-refractivity contribution in [1.82, 2.24) is 19.3 Å². The number of hydrogen-bond acceptors (Lipinski definition) is 8. The van der Waals surface area contributed by atoms with E-state index in [-0.39, 0.29) is 23.3 Å². The number of rotatable bonds is 4. The van der Waals surface area contributed by atoms with Crippen molar-refractivity contribution in [2.24, 2.45) is 0 Å². The number of aromatic nitrogens is 3. The highest BCUT2D eigenvalue weighted by atomic mass is 32.1. The fourth-order valence-corrected chi connectivity index (χ4v) is 8.55. The van der Waals surface area contributed by atoms with Crippen LogP contribution >= 0.6 is 11.3 Å². The van der Waals surface area contributed by atoms with Gasteiger partial charge in [0, 0.05) is 34.6 Å². The van der Waals surface area contributed by atoms with Crippen molar-refractivity contribution >= 4 is 61.3 Å². The van der Waals surface area contributed by atoms with Gasteiger partial charge in [-0.3, -0.25) is 4.79 Å². The number of methoxy groups -OCH3 is 1. The van der Waals surface area contributed by atoms with Crippen LogP contribution in [0.3, 0.4) is 0 Å². The summed E-state index contributed by atoms with van der Waals surface area (Å²) in [6.07, 6.45) is 5.53. The molecular weight excluding hydrogens is 612 g/mol. The topological polar surface area (TPSA) is 106 Å². The number of aromatic hydroxyl groups is 1. The highest BCUT2D eigenvalue weighted by Gasteiger charge is 2.32. The molecule has 6 aromatic rings. The van der Waals surface area contributed by atoms with Gasteiger partial charge < -0.3 is 23.9 Å². The number of pyridine rings is 2. The fraction of sp³-hybridized carbons (Fsp3) is 0.351. The molecule has 1 saturated carbocycles. The molecule has 0 spiro atoms. The Balaban J connectivity index is 1.49. The third-order valence-electron chi connectivity index (χ3n) is 9.87. The van der Waals surface area contributed by atoms with Crippen molar-refractivity contribution in [2.75, 3.05) is 33.4 Å². The van der Waals surface area contributed by atoms with Gasteiger partial charge in [-0.15, -0.1) is 11.3 Å². The maximum Gasteiger partial charge on any atom is 0.337 e. The van der Waals surface area contributed by atoms with Gasteiger partial charge in [0.2, 0.25) is 0 Å². The quantitative estimate of drug-likeness (QED) is 0.155. The molecule has 5 heterocycles. The van der Waals surface area contributed by atoms with Crippen LogP contribution in [0.25, 0.3) is 48.7 Å². The number of fused-ring (bicyclic) bond motifs is 6. The zero-order valence-electron chi connectivity index (χ0n) is 26.8. The first kappa shape index (κ1) is 29.8. The Bertz CT molecular complexity index is 2240. The van der Waals surface area contributed by atoms with E-state index in [0.29, 0.717) is 42.8 Å². The fourth-order valence-electron chi connectivity index (χ4n) is 7.66. The van der Waals surface area contributed by atoms with Crippen LogP contribution in [-0.2, 0) is 9.47 Å². The van der Waals surface area contributed by atoms with E-state index in [1.54, 1.807) is 28.4 Å². The minimum atomic E-state index is -0.452. The SMILES string of the molecule is COC(=O)c1ccc2c(C3CCCCC3)c3c4cc5ccc(-c6sc(C)nc6C)nc5cc4c(O)c(C(=O)N4CCOCC4)n3c2c1. The van der Waals surface area contributed by atoms with E-state index < -0.39 is 5.97 Å². The van der Waals surface area contributed by atoms with Crippen LogP contribution in [0.5, 0.6) is 5.75 Å². The molecule has 8 rings (SSSR count). The van der Waals surface area contributed by atoms with Crippen molar-refractivity contribution in [1.29, 1.82) is 0 Å². The van der Waals surface area contributed by atoms with Gasteiger partial charge in [-0.1, -0.05) is 31.4 Å². The van der Waals surface area contributed by atoms with Gasteiger partial charge in [0.05, 0.1) is 63.7 Å². The molecule has 10 heteroatoms. The van der Waals surface area contributed by atoms with E-state index in [0.717, 1.165) is 79.7 Å². The number of amides is 1. The summed E-state index contributed by atoms with van der Waals surface area (Å²) in [5.74, 6) is -0.552. The summed E-state index contributed by atoms with van der Waals surface area (Å²) in [6, 6.07) is 13.7. The predicted octanol–water partition coefficient (Wildman–Crippen LogP) is 7.55. The van der Waals surface area contributed by atoms with Gasteiger partial charge in [0.25, 0.3) is 5.91 Å². The third kappa shape index (κ3) is 4.84. The summed E-state index contributed by atoms with van der Waals surface area (Å²) in [4.78, 5) is 39.7. The molecule has 1 amide bonds. The van der Waals surface area contributed by atoms with Crippen LogP contribution in [0.15, 0.2) is 42.5 Å². The van der Waals surface area contributed by atoms with E-state index in [2.05, 4.69) is 17.1 Å². The summed E-state index contributed by atoms with van der Waals surface area (Å²) >= 11 is 1.61. The lowest BCUT2D eigenvalue weighted by atomic mass is 9.82. The van der Waals surface area contributed by atoms with Crippen LogP contribution in [0.1, 0.15) is 75.1 Å². The van der Waals surface area contributed by atoms with Crippen molar-refractivity contribution in [3.8, 4) is 16.3 Å². The molecule has 1 aliphatic carbocycles. The average molecular weight is 649 g/mol. The molecule has 240 valence electrons. The standard InChI is InChI=1S/C37H36N4O5S/c1-20-35(47-21(2)38-20)28-12-10-23-17-26-27(19-29(23)39-28)34(42)33(36(43)40-13-15-46-16-14-40)41-30-18-24(37(44)45-3)9-11-25(30)31(32(26)41)22-7-5-4-6-8-22/h9-12,17-19,22,42H,4-8,13-16H2,1-3H3. The number of benzene rings is 2. The second-order valence-electron chi connectivity index (χ2n) is 12.7. The maximum atomic E-state index is 14.5. The normalized spacial score (nSPS) is 16.1. The van der Waals surface area contributed by atoms with Crippen molar-refractivity contribution in [3.05, 3.63) is 70.0 Å². The minimum absolute atomic E-state index is 0.0986. The molecule has 0 unspecified atom stereocenters. The molecule has 2 fully saturated rings. The summed E-state index contributed by atoms with van der Waals surface area (Å²) in [5, 5.41) is 16.5. The summed E-state index contributed by atoms with van der Waals surface area (Å²) < 4.78 is 12.6. The lowest BCUT2D eigenvalue weighted by Gasteiger charge is -2.28. The second-order valence-corrected chi connectivity index (χ2v) is 13.9. The first-order valence-electron chi connectivity index (χ1n) is 16.3. The van der Waals surface area contributed by atoms with Gasteiger partial charge >= 0.3 is 5.97 Å². The molecule has 0 atom stereocenters. The number of thiazole rings is 1. The molecule has 0 bridgehead atoms. The Morgan fingerprint density at radius 3 is 2.47 bits per heavy atom. The molecule has 9 nitrogen and oxygen atoms in total. The minimum Gasteiger partial charge on any atom is -0.505 e. The largest absolute Gasteiger partial charge is 0.505 e. The van der Waals surface area contributed by atoms with Crippen LogP contribution in [0, 0.1) is 13.8 Å². The highest BCUT2D eigenvalue weighted by Crippen LogP contribution is 2.47. The van der Waals surface area contributed by atoms with E-state index >= 15 is 0 Å². The van der Waals surface area contributed by atoms with Gasteiger partial charge in [-0.25, -0.2) is 14.8 Å². The van der Waals surface area contributed by atoms with Crippen molar-refractivity contribution in [2.45, 2.75) is 51.9 Å². The smallest absolute Gasteiger partial charge is 0.337 e. The van der Waals surface area contributed by atoms with Crippen molar-refractivity contribution in [3.63, 3.8) is 0 Å². The number of aryl methyl sites for hydroxylation is 2. The molecule has 47 heavy (non-hydrogen) atoms. The molecule has 1 aliphatic heterocycles. The zero-order chi connectivity index (χ0) is 32.4. The molecule has 1 N–H and O–H groups in total. The van der Waals surface area contributed by atoms with E-state index in [4.69, 9.17) is 14.5 Å². The van der Waals surface area contributed by atoms with Crippen molar-refractivity contribution < 1.29 is 24.2 Å². The van der Waals surface area contributed by atoms with Crippen LogP contribution in [0.2, 0.25) is 0 Å². The van der Waals surface area contributed by atoms with E-state index in [1.807, 2.05) is 36.4 Å². The summed E-state index contributed by atoms with van der Waals surface area (Å²) in [5.41, 5.74) is 5.85. The number of carbonyl (C=O) groups excluding carboxylic acids is 2. The van der Waals surface area contributed by atoms with Gasteiger partial charge in [0.1, 0.15) is 0 Å². The average Bonchev–Trinajstić information content (AvgIpc) is 3.63. The monoisotopic (exact) mass is 648 g/mol. The Kier molecular flexibility index (Phi) is 7.37. The molecule has 4 aromatic heterocycles. The lowest BCUT2D eigenvalue weighted by Crippen LogP contribution is -2.41. The second kappa shape index (κ2) is 11.6. The molecule has 1 saturated heterocycles. The zero-order valence-corrected chi connectivity index (χ0v) is 27.6. The van der Waals surface area contributed by atoms with Gasteiger partial charge in [-0.2, -0.15) is 0 Å². The van der Waals surface area contributed by atoms with Crippen LogP contribution in [0.4, 0.5) is 0 Å². The summed E-state index contributed by atoms with van der Waals surface area (Å²) in [7, 11) is 1.37. The van der Waals surface area contributed by atoms with Crippen LogP contribution < -0.4 is 0 Å². The number of nitrogens with zero attached hydrogens (tertiary/aromatic N) is 4. The molecule has 0 radical (unpaired) electrons. The van der Waals surface area contributed by atoms with E-state index in [1.165, 1.54) is 13.5 Å². The Morgan fingerprint density at radius 2 is 1.74 bits per heavy atom. The number of carbonyl (C=O) groups is 2. The first-order valence-corrected chi connectivity index (χ1v) is 17.1. The number of ether oxygens (including phenoxy) is 2. The molecule has 2 aromatic carbocycles. The molecular formula is C37H36N4O5S. The predicted molar refractivity (Wildman–Crippen MR) is 184 cm³/mol. The maximum absolute atomic E-state index is 14.5. The lowest BCUT2D eigenvalue weighted by molar-refractivity contribution is 0.0296. The number of hydrogen-bond donors (Lipinski definition) is 1. The number of morpholine rings is 1.